The van der Waals surface area contributed by atoms with Gasteiger partial charge in [-0.15, -0.1) is 0 Å². The van der Waals surface area contributed by atoms with Crippen LogP contribution in [0, 0.1) is 17.0 Å². The van der Waals surface area contributed by atoms with Crippen LogP contribution in [0.3, 0.4) is 0 Å². The molecule has 10 nitrogen and oxygen atoms in total. The molecule has 0 fully saturated rings. The van der Waals surface area contributed by atoms with Crippen LogP contribution >= 0.6 is 0 Å². The van der Waals surface area contributed by atoms with E-state index in [0.29, 0.717) is 11.4 Å². The van der Waals surface area contributed by atoms with Crippen molar-refractivity contribution in [2.45, 2.75) is 20.0 Å². The molecular weight excluding hydrogens is 404 g/mol. The third-order valence-corrected chi connectivity index (χ3v) is 4.78. The van der Waals surface area contributed by atoms with Gasteiger partial charge >= 0.3 is 5.97 Å². The van der Waals surface area contributed by atoms with Crippen LogP contribution in [0.1, 0.15) is 23.0 Å². The van der Waals surface area contributed by atoms with E-state index in [2.05, 4.69) is 5.32 Å². The van der Waals surface area contributed by atoms with E-state index in [0.717, 1.165) is 0 Å². The Morgan fingerprint density at radius 3 is 2.35 bits per heavy atom. The molecule has 10 heteroatoms. The number of nitrogens with one attached hydrogen (secondary N) is 1. The van der Waals surface area contributed by atoms with Crippen LogP contribution in [-0.4, -0.2) is 32.3 Å². The molecule has 0 aliphatic heterocycles. The van der Waals surface area contributed by atoms with Gasteiger partial charge in [-0.1, -0.05) is 30.3 Å². The van der Waals surface area contributed by atoms with Crippen molar-refractivity contribution < 1.29 is 19.2 Å². The first-order valence-electron chi connectivity index (χ1n) is 9.31. The van der Waals surface area contributed by atoms with Gasteiger partial charge in [0.1, 0.15) is 11.3 Å². The van der Waals surface area contributed by atoms with Gasteiger partial charge in [0.25, 0.3) is 17.2 Å². The van der Waals surface area contributed by atoms with Crippen LogP contribution in [0.2, 0.25) is 0 Å². The molecule has 2 aromatic carbocycles. The molecule has 0 saturated heterocycles. The number of esters is 1. The van der Waals surface area contributed by atoms with E-state index in [1.807, 2.05) is 6.07 Å². The van der Waals surface area contributed by atoms with Gasteiger partial charge in [-0.3, -0.25) is 24.4 Å². The Morgan fingerprint density at radius 1 is 1.10 bits per heavy atom. The van der Waals surface area contributed by atoms with Crippen LogP contribution in [0.4, 0.5) is 11.4 Å². The van der Waals surface area contributed by atoms with E-state index >= 15 is 0 Å². The molecule has 0 bridgehead atoms. The molecule has 31 heavy (non-hydrogen) atoms. The lowest BCUT2D eigenvalue weighted by Gasteiger charge is -2.13. The summed E-state index contributed by atoms with van der Waals surface area (Å²) in [5, 5.41) is 13.6. The molecule has 1 unspecified atom stereocenters. The average molecular weight is 424 g/mol. The highest BCUT2D eigenvalue weighted by atomic mass is 16.6. The Morgan fingerprint density at radius 2 is 1.71 bits per heavy atom. The van der Waals surface area contributed by atoms with Crippen molar-refractivity contribution in [3.63, 3.8) is 0 Å². The first-order chi connectivity index (χ1) is 14.7. The number of anilines is 1. The zero-order chi connectivity index (χ0) is 22.7. The molecule has 160 valence electrons. The SMILES string of the molecule is Cc1c(NC(=O)C(C)OC(=O)c2ccccc2[N+](=O)[O-])c(=O)n(-c2ccccc2)n1C. The molecule has 0 aliphatic rings. The maximum Gasteiger partial charge on any atom is 0.345 e. The van der Waals surface area contributed by atoms with E-state index in [9.17, 15) is 24.5 Å². The number of carbonyl (C=O) groups is 2. The molecule has 3 rings (SSSR count). The van der Waals surface area contributed by atoms with Gasteiger partial charge in [-0.05, 0) is 32.0 Å². The van der Waals surface area contributed by atoms with Crippen molar-refractivity contribution in [3.8, 4) is 5.69 Å². The number of amides is 1. The fraction of sp³-hybridized carbons (Fsp3) is 0.190. The second-order valence-corrected chi connectivity index (χ2v) is 6.75. The third kappa shape index (κ3) is 4.22. The van der Waals surface area contributed by atoms with Crippen LogP contribution in [0.25, 0.3) is 5.69 Å². The van der Waals surface area contributed by atoms with Gasteiger partial charge in [0.15, 0.2) is 6.10 Å². The van der Waals surface area contributed by atoms with E-state index < -0.39 is 34.2 Å². The minimum Gasteiger partial charge on any atom is -0.449 e. The van der Waals surface area contributed by atoms with Crippen LogP contribution < -0.4 is 10.9 Å². The number of nitrogens with zero attached hydrogens (tertiary/aromatic N) is 3. The van der Waals surface area contributed by atoms with Crippen molar-refractivity contribution in [1.82, 2.24) is 9.36 Å². The summed E-state index contributed by atoms with van der Waals surface area (Å²) >= 11 is 0. The lowest BCUT2D eigenvalue weighted by Crippen LogP contribution is -2.32. The number of para-hydroxylation sites is 2. The van der Waals surface area contributed by atoms with Crippen molar-refractivity contribution in [1.29, 1.82) is 0 Å². The molecule has 1 heterocycles. The van der Waals surface area contributed by atoms with Gasteiger partial charge in [0.2, 0.25) is 0 Å². The van der Waals surface area contributed by atoms with Crippen LogP contribution in [-0.2, 0) is 16.6 Å². The standard InChI is InChI=1S/C21H20N4O6/c1-13-18(20(27)24(23(13)3)15-9-5-4-6-10-15)22-19(26)14(2)31-21(28)16-11-7-8-12-17(16)25(29)30/h4-12,14H,1-3H3,(H,22,26). The van der Waals surface area contributed by atoms with Crippen LogP contribution in [0.15, 0.2) is 59.4 Å². The predicted octanol–water partition coefficient (Wildman–Crippen LogP) is 2.58. The second-order valence-electron chi connectivity index (χ2n) is 6.75. The highest BCUT2D eigenvalue weighted by Crippen LogP contribution is 2.20. The first-order valence-corrected chi connectivity index (χ1v) is 9.31. The largest absolute Gasteiger partial charge is 0.449 e. The Labute approximate surface area is 176 Å². The normalized spacial score (nSPS) is 11.6. The lowest BCUT2D eigenvalue weighted by atomic mass is 10.2. The highest BCUT2D eigenvalue weighted by Gasteiger charge is 2.26. The molecule has 1 N–H and O–H groups in total. The number of nitro groups is 1. The number of ether oxygens (including phenoxy) is 1. The summed E-state index contributed by atoms with van der Waals surface area (Å²) in [6.45, 7) is 2.98. The zero-order valence-electron chi connectivity index (χ0n) is 17.1. The highest BCUT2D eigenvalue weighted by molar-refractivity contribution is 5.99. The molecule has 0 radical (unpaired) electrons. The van der Waals surface area contributed by atoms with Gasteiger partial charge in [-0.2, -0.15) is 0 Å². The Balaban J connectivity index is 1.80. The van der Waals surface area contributed by atoms with E-state index in [1.54, 1.807) is 42.9 Å². The Bertz CT molecular complexity index is 1210. The summed E-state index contributed by atoms with van der Waals surface area (Å²) in [5.74, 6) is -1.75. The topological polar surface area (TPSA) is 125 Å². The van der Waals surface area contributed by atoms with Crippen molar-refractivity contribution in [2.24, 2.45) is 7.05 Å². The van der Waals surface area contributed by atoms with Gasteiger partial charge in [0, 0.05) is 13.1 Å². The number of carbonyl (C=O) groups excluding carboxylic acids is 2. The summed E-state index contributed by atoms with van der Waals surface area (Å²) in [7, 11) is 1.68. The van der Waals surface area contributed by atoms with Gasteiger partial charge in [-0.25, -0.2) is 9.48 Å². The summed E-state index contributed by atoms with van der Waals surface area (Å²) in [4.78, 5) is 48.2. The average Bonchev–Trinajstić information content (AvgIpc) is 2.97. The first kappa shape index (κ1) is 21.5. The monoisotopic (exact) mass is 424 g/mol. The lowest BCUT2D eigenvalue weighted by molar-refractivity contribution is -0.385. The minimum absolute atomic E-state index is 0.0462. The summed E-state index contributed by atoms with van der Waals surface area (Å²) in [5.41, 5.74) is 0.0230. The second kappa shape index (κ2) is 8.66. The number of aromatic nitrogens is 2. The number of hydrogen-bond donors (Lipinski definition) is 1. The summed E-state index contributed by atoms with van der Waals surface area (Å²) in [6, 6.07) is 14.2. The molecular formula is C21H20N4O6. The minimum atomic E-state index is -1.29. The molecule has 1 aromatic heterocycles. The molecule has 0 spiro atoms. The van der Waals surface area contributed by atoms with Gasteiger partial charge in [0.05, 0.1) is 16.3 Å². The molecule has 0 aliphatic carbocycles. The molecule has 1 atom stereocenters. The number of rotatable bonds is 6. The number of nitro benzene ring substituents is 1. The predicted molar refractivity (Wildman–Crippen MR) is 112 cm³/mol. The smallest absolute Gasteiger partial charge is 0.345 e. The Hall–Kier alpha value is -4.21. The zero-order valence-corrected chi connectivity index (χ0v) is 17.1. The maximum absolute atomic E-state index is 12.9. The summed E-state index contributed by atoms with van der Waals surface area (Å²) < 4.78 is 8.08. The van der Waals surface area contributed by atoms with Gasteiger partial charge < -0.3 is 10.1 Å². The maximum atomic E-state index is 12.9. The Kier molecular flexibility index (Phi) is 6.00. The van der Waals surface area contributed by atoms with E-state index in [1.165, 1.54) is 35.9 Å². The number of hydrogen-bond acceptors (Lipinski definition) is 6. The quantitative estimate of drug-likeness (QED) is 0.368. The fourth-order valence-corrected chi connectivity index (χ4v) is 3.02. The van der Waals surface area contributed by atoms with Crippen molar-refractivity contribution >= 4 is 23.3 Å². The van der Waals surface area contributed by atoms with Crippen LogP contribution in [0.5, 0.6) is 0 Å². The third-order valence-electron chi connectivity index (χ3n) is 4.78. The number of benzene rings is 2. The summed E-state index contributed by atoms with van der Waals surface area (Å²) in [6.07, 6.45) is -1.29. The van der Waals surface area contributed by atoms with Crippen molar-refractivity contribution in [2.75, 3.05) is 5.32 Å². The van der Waals surface area contributed by atoms with E-state index in [4.69, 9.17) is 4.74 Å². The van der Waals surface area contributed by atoms with E-state index in [-0.39, 0.29) is 11.3 Å². The fourth-order valence-electron chi connectivity index (χ4n) is 3.02. The molecule has 1 amide bonds. The van der Waals surface area contributed by atoms with Crippen molar-refractivity contribution in [3.05, 3.63) is 86.3 Å². The molecule has 0 saturated carbocycles. The molecule has 3 aromatic rings.